The molecule has 0 aromatic heterocycles. The molecule has 0 aliphatic carbocycles. The maximum absolute atomic E-state index is 12.5. The number of hydrogen-bond acceptors (Lipinski definition) is 7. The maximum Gasteiger partial charge on any atom is 0.341 e. The van der Waals surface area contributed by atoms with Crippen LogP contribution in [0, 0.1) is 0 Å². The number of β-amino-alcohol motifs (C(OH)–C–C–N with tert-alkyl or cyclic N) is 1. The number of aliphatic hydroxyl groups excluding tert-OH is 1. The van der Waals surface area contributed by atoms with Crippen LogP contribution in [0.4, 0.5) is 5.69 Å². The van der Waals surface area contributed by atoms with Crippen molar-refractivity contribution in [1.82, 2.24) is 4.90 Å². The number of carbonyl (C=O) groups excluding carboxylic acids is 1. The standard InChI is InChI=1S/C20H24N2O5/c1-25-16-10-13-9-14-12-27-20(24)18(14)19(15(13)11-17(16)26-2)22-5-3-21(4-6-22)7-8-23/h9-11,23H,3-8,12H2,1-2H3. The first-order valence-corrected chi connectivity index (χ1v) is 9.13. The fraction of sp³-hybridized carbons (Fsp3) is 0.450. The van der Waals surface area contributed by atoms with E-state index < -0.39 is 0 Å². The molecule has 7 heteroatoms. The van der Waals surface area contributed by atoms with Crippen LogP contribution in [0.5, 0.6) is 11.5 Å². The van der Waals surface area contributed by atoms with E-state index in [9.17, 15) is 4.79 Å². The van der Waals surface area contributed by atoms with Gasteiger partial charge < -0.3 is 24.2 Å². The number of ether oxygens (including phenoxy) is 3. The van der Waals surface area contributed by atoms with Gasteiger partial charge in [-0.3, -0.25) is 4.90 Å². The molecule has 0 bridgehead atoms. The minimum absolute atomic E-state index is 0.160. The first kappa shape index (κ1) is 17.9. The lowest BCUT2D eigenvalue weighted by molar-refractivity contribution is 0.0535. The van der Waals surface area contributed by atoms with Crippen LogP contribution in [-0.2, 0) is 11.3 Å². The van der Waals surface area contributed by atoms with Gasteiger partial charge in [-0.05, 0) is 23.6 Å². The van der Waals surface area contributed by atoms with Crippen LogP contribution < -0.4 is 14.4 Å². The van der Waals surface area contributed by atoms with Crippen molar-refractivity contribution in [2.75, 3.05) is 58.5 Å². The van der Waals surface area contributed by atoms with Gasteiger partial charge in [-0.25, -0.2) is 4.79 Å². The summed E-state index contributed by atoms with van der Waals surface area (Å²) in [5.41, 5.74) is 2.48. The molecule has 2 heterocycles. The number of anilines is 1. The van der Waals surface area contributed by atoms with E-state index in [0.29, 0.717) is 30.2 Å². The zero-order chi connectivity index (χ0) is 19.0. The van der Waals surface area contributed by atoms with Crippen molar-refractivity contribution in [1.29, 1.82) is 0 Å². The Morgan fingerprint density at radius 2 is 1.78 bits per heavy atom. The number of aliphatic hydroxyl groups is 1. The van der Waals surface area contributed by atoms with Crippen LogP contribution in [-0.4, -0.2) is 69.5 Å². The molecule has 0 spiro atoms. The maximum atomic E-state index is 12.5. The Labute approximate surface area is 158 Å². The molecule has 2 aromatic rings. The Balaban J connectivity index is 1.84. The lowest BCUT2D eigenvalue weighted by atomic mass is 9.97. The lowest BCUT2D eigenvalue weighted by Gasteiger charge is -2.37. The van der Waals surface area contributed by atoms with Gasteiger partial charge >= 0.3 is 5.97 Å². The third-order valence-corrected chi connectivity index (χ3v) is 5.37. The van der Waals surface area contributed by atoms with Crippen LogP contribution in [0.25, 0.3) is 10.8 Å². The van der Waals surface area contributed by atoms with E-state index in [0.717, 1.165) is 48.2 Å². The summed E-state index contributed by atoms with van der Waals surface area (Å²) >= 11 is 0. The summed E-state index contributed by atoms with van der Waals surface area (Å²) in [6.45, 7) is 4.39. The molecule has 0 amide bonds. The van der Waals surface area contributed by atoms with Crippen molar-refractivity contribution in [2.24, 2.45) is 0 Å². The number of hydrogen-bond donors (Lipinski definition) is 1. The Bertz CT molecular complexity index is 875. The molecule has 27 heavy (non-hydrogen) atoms. The minimum atomic E-state index is -0.269. The topological polar surface area (TPSA) is 71.5 Å². The molecule has 1 N–H and O–H groups in total. The van der Waals surface area contributed by atoms with Crippen molar-refractivity contribution in [3.8, 4) is 11.5 Å². The highest BCUT2D eigenvalue weighted by Gasteiger charge is 2.31. The molecule has 0 saturated carbocycles. The molecule has 1 fully saturated rings. The Morgan fingerprint density at radius 3 is 2.44 bits per heavy atom. The summed E-state index contributed by atoms with van der Waals surface area (Å²) in [7, 11) is 3.23. The number of nitrogens with zero attached hydrogens (tertiary/aromatic N) is 2. The first-order chi connectivity index (χ1) is 13.2. The van der Waals surface area contributed by atoms with Gasteiger partial charge in [0, 0.05) is 43.7 Å². The Hall–Kier alpha value is -2.51. The number of methoxy groups -OCH3 is 2. The summed E-state index contributed by atoms with van der Waals surface area (Å²) in [6.07, 6.45) is 0. The number of esters is 1. The number of cyclic esters (lactones) is 1. The van der Waals surface area contributed by atoms with Crippen molar-refractivity contribution < 1.29 is 24.1 Å². The van der Waals surface area contributed by atoms with Crippen molar-refractivity contribution in [2.45, 2.75) is 6.61 Å². The number of carbonyl (C=O) groups is 1. The van der Waals surface area contributed by atoms with E-state index >= 15 is 0 Å². The van der Waals surface area contributed by atoms with Gasteiger partial charge in [0.05, 0.1) is 32.1 Å². The first-order valence-electron chi connectivity index (χ1n) is 9.13. The highest BCUT2D eigenvalue weighted by Crippen LogP contribution is 2.42. The van der Waals surface area contributed by atoms with E-state index in [1.165, 1.54) is 0 Å². The van der Waals surface area contributed by atoms with Crippen molar-refractivity contribution in [3.05, 3.63) is 29.3 Å². The highest BCUT2D eigenvalue weighted by molar-refractivity contribution is 6.10. The molecular weight excluding hydrogens is 348 g/mol. The minimum Gasteiger partial charge on any atom is -0.493 e. The molecule has 4 rings (SSSR count). The quantitative estimate of drug-likeness (QED) is 0.800. The second-order valence-corrected chi connectivity index (χ2v) is 6.82. The highest BCUT2D eigenvalue weighted by atomic mass is 16.5. The summed E-state index contributed by atoms with van der Waals surface area (Å²) < 4.78 is 16.3. The molecule has 2 aliphatic rings. The van der Waals surface area contributed by atoms with Gasteiger partial charge in [0.1, 0.15) is 6.61 Å². The fourth-order valence-corrected chi connectivity index (χ4v) is 3.99. The van der Waals surface area contributed by atoms with E-state index in [1.54, 1.807) is 14.2 Å². The number of benzene rings is 2. The Kier molecular flexibility index (Phi) is 4.80. The van der Waals surface area contributed by atoms with Crippen LogP contribution in [0.15, 0.2) is 18.2 Å². The Morgan fingerprint density at radius 1 is 1.07 bits per heavy atom. The average molecular weight is 372 g/mol. The monoisotopic (exact) mass is 372 g/mol. The van der Waals surface area contributed by atoms with E-state index in [1.807, 2.05) is 18.2 Å². The SMILES string of the molecule is COc1cc2cc3c(c(N4CCN(CCO)CC4)c2cc1OC)C(=O)OC3. The molecule has 2 aromatic carbocycles. The van der Waals surface area contributed by atoms with Gasteiger partial charge in [0.2, 0.25) is 0 Å². The van der Waals surface area contributed by atoms with Gasteiger partial charge in [-0.2, -0.15) is 0 Å². The van der Waals surface area contributed by atoms with E-state index in [-0.39, 0.29) is 12.6 Å². The zero-order valence-corrected chi connectivity index (χ0v) is 15.7. The summed E-state index contributed by atoms with van der Waals surface area (Å²) in [4.78, 5) is 16.9. The third-order valence-electron chi connectivity index (χ3n) is 5.37. The van der Waals surface area contributed by atoms with E-state index in [4.69, 9.17) is 19.3 Å². The summed E-state index contributed by atoms with van der Waals surface area (Å²) in [6, 6.07) is 5.89. The van der Waals surface area contributed by atoms with Gasteiger partial charge in [-0.15, -0.1) is 0 Å². The molecule has 0 atom stereocenters. The van der Waals surface area contributed by atoms with Gasteiger partial charge in [-0.1, -0.05) is 0 Å². The fourth-order valence-electron chi connectivity index (χ4n) is 3.99. The van der Waals surface area contributed by atoms with Crippen LogP contribution >= 0.6 is 0 Å². The average Bonchev–Trinajstić information content (AvgIpc) is 3.06. The van der Waals surface area contributed by atoms with E-state index in [2.05, 4.69) is 9.80 Å². The second kappa shape index (κ2) is 7.25. The normalized spacial score (nSPS) is 17.1. The van der Waals surface area contributed by atoms with Crippen molar-refractivity contribution in [3.63, 3.8) is 0 Å². The second-order valence-electron chi connectivity index (χ2n) is 6.82. The lowest BCUT2D eigenvalue weighted by Crippen LogP contribution is -2.47. The number of fused-ring (bicyclic) bond motifs is 2. The molecule has 7 nitrogen and oxygen atoms in total. The van der Waals surface area contributed by atoms with Gasteiger partial charge in [0.25, 0.3) is 0 Å². The number of piperazine rings is 1. The largest absolute Gasteiger partial charge is 0.493 e. The molecule has 1 saturated heterocycles. The molecule has 0 radical (unpaired) electrons. The molecular formula is C20H24N2O5. The molecule has 2 aliphatic heterocycles. The predicted octanol–water partition coefficient (Wildman–Crippen LogP) is 1.64. The number of rotatable bonds is 5. The predicted molar refractivity (Wildman–Crippen MR) is 102 cm³/mol. The summed E-state index contributed by atoms with van der Waals surface area (Å²) in [5.74, 6) is 1.03. The van der Waals surface area contributed by atoms with Gasteiger partial charge in [0.15, 0.2) is 11.5 Å². The van der Waals surface area contributed by atoms with Crippen LogP contribution in [0.1, 0.15) is 15.9 Å². The smallest absolute Gasteiger partial charge is 0.341 e. The zero-order valence-electron chi connectivity index (χ0n) is 15.7. The summed E-state index contributed by atoms with van der Waals surface area (Å²) in [5, 5.41) is 11.1. The third kappa shape index (κ3) is 3.07. The molecule has 144 valence electrons. The molecule has 0 unspecified atom stereocenters. The van der Waals surface area contributed by atoms with Crippen LogP contribution in [0.2, 0.25) is 0 Å². The van der Waals surface area contributed by atoms with Crippen LogP contribution in [0.3, 0.4) is 0 Å². The van der Waals surface area contributed by atoms with Crippen molar-refractivity contribution >= 4 is 22.4 Å².